The number of rotatable bonds is 3. The van der Waals surface area contributed by atoms with Crippen LogP contribution in [0.2, 0.25) is 5.02 Å². The lowest BCUT2D eigenvalue weighted by molar-refractivity contribution is 0.152. The van der Waals surface area contributed by atoms with E-state index in [4.69, 9.17) is 11.6 Å². The lowest BCUT2D eigenvalue weighted by Gasteiger charge is -2.33. The van der Waals surface area contributed by atoms with E-state index in [1.54, 1.807) is 18.2 Å². The maximum atomic E-state index is 13.7. The number of likely N-dealkylation sites (tertiary alicyclic amines) is 1. The van der Waals surface area contributed by atoms with Crippen molar-refractivity contribution >= 4 is 11.6 Å². The highest BCUT2D eigenvalue weighted by Gasteiger charge is 2.18. The first-order valence-electron chi connectivity index (χ1n) is 6.05. The summed E-state index contributed by atoms with van der Waals surface area (Å²) in [5, 5.41) is 3.58. The number of piperidine rings is 1. The van der Waals surface area contributed by atoms with Gasteiger partial charge in [0, 0.05) is 12.1 Å². The first-order valence-corrected chi connectivity index (χ1v) is 6.43. The van der Waals surface area contributed by atoms with Crippen molar-refractivity contribution in [3.63, 3.8) is 0 Å². The average Bonchev–Trinajstić information content (AvgIpc) is 2.33. The number of halogens is 2. The van der Waals surface area contributed by atoms with Crippen molar-refractivity contribution in [3.8, 4) is 0 Å². The van der Waals surface area contributed by atoms with Crippen LogP contribution in [0.4, 0.5) is 4.39 Å². The fourth-order valence-electron chi connectivity index (χ4n) is 2.25. The molecule has 1 atom stereocenters. The summed E-state index contributed by atoms with van der Waals surface area (Å²) in [6.45, 7) is 1.64. The average molecular weight is 257 g/mol. The van der Waals surface area contributed by atoms with Crippen molar-refractivity contribution < 1.29 is 4.39 Å². The Hall–Kier alpha value is -0.640. The second-order valence-corrected chi connectivity index (χ2v) is 4.99. The van der Waals surface area contributed by atoms with Crippen molar-refractivity contribution in [2.45, 2.75) is 32.0 Å². The maximum Gasteiger partial charge on any atom is 0.146 e. The molecule has 0 amide bonds. The van der Waals surface area contributed by atoms with Gasteiger partial charge in [-0.3, -0.25) is 10.2 Å². The minimum atomic E-state index is -0.305. The summed E-state index contributed by atoms with van der Waals surface area (Å²) in [5.74, 6) is -0.305. The topological polar surface area (TPSA) is 15.3 Å². The molecule has 94 valence electrons. The van der Waals surface area contributed by atoms with Gasteiger partial charge in [0.2, 0.25) is 0 Å². The van der Waals surface area contributed by atoms with Crippen LogP contribution in [-0.4, -0.2) is 24.7 Å². The molecule has 1 aromatic rings. The summed E-state index contributed by atoms with van der Waals surface area (Å²) in [7, 11) is 2.10. The monoisotopic (exact) mass is 256 g/mol. The molecule has 1 heterocycles. The van der Waals surface area contributed by atoms with Crippen LogP contribution in [0.15, 0.2) is 18.2 Å². The Morgan fingerprint density at radius 1 is 1.47 bits per heavy atom. The zero-order valence-electron chi connectivity index (χ0n) is 10.0. The number of benzene rings is 1. The third-order valence-electron chi connectivity index (χ3n) is 3.33. The molecule has 0 aliphatic carbocycles. The van der Waals surface area contributed by atoms with Gasteiger partial charge in [-0.1, -0.05) is 23.7 Å². The van der Waals surface area contributed by atoms with Crippen molar-refractivity contribution in [2.24, 2.45) is 0 Å². The first kappa shape index (κ1) is 12.8. The number of hydrogen-bond acceptors (Lipinski definition) is 2. The molecular weight excluding hydrogens is 239 g/mol. The van der Waals surface area contributed by atoms with Crippen LogP contribution in [0.5, 0.6) is 0 Å². The third-order valence-corrected chi connectivity index (χ3v) is 3.62. The van der Waals surface area contributed by atoms with Crippen LogP contribution in [-0.2, 0) is 6.54 Å². The lowest BCUT2D eigenvalue weighted by Crippen LogP contribution is -2.46. The van der Waals surface area contributed by atoms with Gasteiger partial charge >= 0.3 is 0 Å². The van der Waals surface area contributed by atoms with E-state index in [0.29, 0.717) is 18.3 Å². The fourth-order valence-corrected chi connectivity index (χ4v) is 2.44. The highest BCUT2D eigenvalue weighted by atomic mass is 35.5. The molecule has 0 saturated carbocycles. The van der Waals surface area contributed by atoms with E-state index in [2.05, 4.69) is 17.3 Å². The van der Waals surface area contributed by atoms with Gasteiger partial charge in [-0.25, -0.2) is 4.39 Å². The van der Waals surface area contributed by atoms with E-state index >= 15 is 0 Å². The van der Waals surface area contributed by atoms with Crippen LogP contribution in [0.25, 0.3) is 0 Å². The normalized spacial score (nSPS) is 21.7. The lowest BCUT2D eigenvalue weighted by atomic mass is 10.1. The Labute approximate surface area is 107 Å². The molecule has 1 fully saturated rings. The molecule has 1 unspecified atom stereocenters. The Bertz CT molecular complexity index is 384. The Morgan fingerprint density at radius 2 is 2.29 bits per heavy atom. The van der Waals surface area contributed by atoms with Gasteiger partial charge in [-0.05, 0) is 38.9 Å². The van der Waals surface area contributed by atoms with E-state index < -0.39 is 0 Å². The molecule has 17 heavy (non-hydrogen) atoms. The summed E-state index contributed by atoms with van der Waals surface area (Å²) in [4.78, 5) is 2.28. The second-order valence-electron chi connectivity index (χ2n) is 4.59. The molecule has 2 nitrogen and oxygen atoms in total. The molecule has 1 N–H and O–H groups in total. The van der Waals surface area contributed by atoms with Gasteiger partial charge in [-0.2, -0.15) is 0 Å². The van der Waals surface area contributed by atoms with Crippen LogP contribution in [0.1, 0.15) is 24.8 Å². The Balaban J connectivity index is 1.95. The molecule has 0 aromatic heterocycles. The van der Waals surface area contributed by atoms with Gasteiger partial charge in [0.1, 0.15) is 5.82 Å². The highest BCUT2D eigenvalue weighted by molar-refractivity contribution is 6.30. The number of nitrogens with zero attached hydrogens (tertiary/aromatic N) is 1. The van der Waals surface area contributed by atoms with Crippen LogP contribution in [0, 0.1) is 5.82 Å². The molecule has 1 aromatic carbocycles. The summed E-state index contributed by atoms with van der Waals surface area (Å²) in [5.41, 5.74) is 0.636. The van der Waals surface area contributed by atoms with Gasteiger partial charge < -0.3 is 0 Å². The van der Waals surface area contributed by atoms with E-state index in [0.717, 1.165) is 13.0 Å². The third kappa shape index (κ3) is 3.18. The largest absolute Gasteiger partial charge is 0.298 e. The predicted molar refractivity (Wildman–Crippen MR) is 68.5 cm³/mol. The zero-order chi connectivity index (χ0) is 12.3. The highest BCUT2D eigenvalue weighted by Crippen LogP contribution is 2.19. The van der Waals surface area contributed by atoms with Crippen LogP contribution >= 0.6 is 11.6 Å². The molecular formula is C13H18ClFN2. The van der Waals surface area contributed by atoms with E-state index in [1.807, 2.05) is 0 Å². The maximum absolute atomic E-state index is 13.7. The summed E-state index contributed by atoms with van der Waals surface area (Å²) < 4.78 is 13.7. The Morgan fingerprint density at radius 3 is 3.06 bits per heavy atom. The molecule has 1 aliphatic rings. The SMILES string of the molecule is CN1CCCCC1NCc1cccc(Cl)c1F. The van der Waals surface area contributed by atoms with Crippen LogP contribution < -0.4 is 5.32 Å². The summed E-state index contributed by atoms with van der Waals surface area (Å²) >= 11 is 5.75. The minimum Gasteiger partial charge on any atom is -0.298 e. The first-order chi connectivity index (χ1) is 8.18. The fraction of sp³-hybridized carbons (Fsp3) is 0.538. The van der Waals surface area contributed by atoms with Gasteiger partial charge in [-0.15, -0.1) is 0 Å². The van der Waals surface area contributed by atoms with E-state index in [1.165, 1.54) is 12.8 Å². The zero-order valence-corrected chi connectivity index (χ0v) is 10.8. The molecule has 0 spiro atoms. The number of nitrogens with one attached hydrogen (secondary N) is 1. The molecule has 0 bridgehead atoms. The van der Waals surface area contributed by atoms with Crippen molar-refractivity contribution in [1.29, 1.82) is 0 Å². The molecule has 2 rings (SSSR count). The summed E-state index contributed by atoms with van der Waals surface area (Å²) in [6.07, 6.45) is 3.96. The van der Waals surface area contributed by atoms with Crippen molar-refractivity contribution in [1.82, 2.24) is 10.2 Å². The van der Waals surface area contributed by atoms with E-state index in [-0.39, 0.29) is 10.8 Å². The number of hydrogen-bond donors (Lipinski definition) is 1. The minimum absolute atomic E-state index is 0.196. The smallest absolute Gasteiger partial charge is 0.146 e. The van der Waals surface area contributed by atoms with Crippen molar-refractivity contribution in [3.05, 3.63) is 34.6 Å². The molecule has 4 heteroatoms. The molecule has 1 saturated heterocycles. The van der Waals surface area contributed by atoms with E-state index in [9.17, 15) is 4.39 Å². The van der Waals surface area contributed by atoms with Crippen LogP contribution in [0.3, 0.4) is 0 Å². The molecule has 1 aliphatic heterocycles. The van der Waals surface area contributed by atoms with Crippen molar-refractivity contribution in [2.75, 3.05) is 13.6 Å². The van der Waals surface area contributed by atoms with Gasteiger partial charge in [0.15, 0.2) is 0 Å². The summed E-state index contributed by atoms with van der Waals surface area (Å²) in [6, 6.07) is 5.14. The standard InChI is InChI=1S/C13H18ClFN2/c1-17-8-3-2-7-12(17)16-9-10-5-4-6-11(14)13(10)15/h4-6,12,16H,2-3,7-9H2,1H3. The predicted octanol–water partition coefficient (Wildman–Crippen LogP) is 3.01. The quantitative estimate of drug-likeness (QED) is 0.894. The molecule has 0 radical (unpaired) electrons. The second kappa shape index (κ2) is 5.80. The van der Waals surface area contributed by atoms with Gasteiger partial charge in [0.05, 0.1) is 11.2 Å². The Kier molecular flexibility index (Phi) is 4.37. The van der Waals surface area contributed by atoms with Gasteiger partial charge in [0.25, 0.3) is 0 Å².